The maximum atomic E-state index is 11.4. The van der Waals surface area contributed by atoms with Crippen molar-refractivity contribution >= 4 is 30.5 Å². The Hall–Kier alpha value is -2.41. The summed E-state index contributed by atoms with van der Waals surface area (Å²) in [6.07, 6.45) is 0.736. The first-order valence-electron chi connectivity index (χ1n) is 10.3. The Balaban J connectivity index is 2.35. The summed E-state index contributed by atoms with van der Waals surface area (Å²) in [5, 5.41) is 27.8. The highest BCUT2D eigenvalue weighted by molar-refractivity contribution is 7.80. The van der Waals surface area contributed by atoms with Gasteiger partial charge in [0.15, 0.2) is 0 Å². The van der Waals surface area contributed by atoms with Crippen molar-refractivity contribution in [1.82, 2.24) is 19.7 Å². The molecule has 0 spiro atoms. The minimum atomic E-state index is -1.00. The molecule has 0 saturated heterocycles. The minimum Gasteiger partial charge on any atom is -0.492 e. The van der Waals surface area contributed by atoms with Gasteiger partial charge in [-0.1, -0.05) is 0 Å². The standard InChI is InChI=1S/C20H30N4O7S/c25-18(26)12-22-4-6-23(13-19(27)28)10-15-2-3-17(31-8-1-9-32)16(21-15)11-24(7-5-22)14-20(29)30/h2-3,32H,1,4-14H2,(H,25,26)(H,27,28)(H,29,30). The number of nitrogens with zero attached hydrogens (tertiary/aromatic N) is 4. The van der Waals surface area contributed by atoms with Gasteiger partial charge in [-0.05, 0) is 24.3 Å². The van der Waals surface area contributed by atoms with Crippen molar-refractivity contribution in [2.75, 3.05) is 58.2 Å². The smallest absolute Gasteiger partial charge is 0.317 e. The van der Waals surface area contributed by atoms with Gasteiger partial charge in [0, 0.05) is 39.3 Å². The zero-order valence-electron chi connectivity index (χ0n) is 17.9. The molecule has 1 aromatic heterocycles. The molecule has 12 heteroatoms. The van der Waals surface area contributed by atoms with Crippen molar-refractivity contribution in [1.29, 1.82) is 0 Å². The third-order valence-corrected chi connectivity index (χ3v) is 5.17. The van der Waals surface area contributed by atoms with E-state index in [1.807, 2.05) is 0 Å². The Morgan fingerprint density at radius 3 is 1.97 bits per heavy atom. The summed E-state index contributed by atoms with van der Waals surface area (Å²) in [4.78, 5) is 43.7. The molecule has 2 rings (SSSR count). The van der Waals surface area contributed by atoms with Crippen molar-refractivity contribution in [2.24, 2.45) is 0 Å². The molecule has 0 radical (unpaired) electrons. The molecule has 0 aromatic carbocycles. The highest BCUT2D eigenvalue weighted by Crippen LogP contribution is 2.21. The summed E-state index contributed by atoms with van der Waals surface area (Å²) in [7, 11) is 0. The Morgan fingerprint density at radius 2 is 1.41 bits per heavy atom. The average molecular weight is 471 g/mol. The molecule has 1 aromatic rings. The third-order valence-electron chi connectivity index (χ3n) is 4.85. The molecule has 0 amide bonds. The Morgan fingerprint density at radius 1 is 0.875 bits per heavy atom. The fraction of sp³-hybridized carbons (Fsp3) is 0.600. The van der Waals surface area contributed by atoms with E-state index in [4.69, 9.17) is 4.74 Å². The largest absolute Gasteiger partial charge is 0.492 e. The van der Waals surface area contributed by atoms with Gasteiger partial charge in [0.1, 0.15) is 5.75 Å². The monoisotopic (exact) mass is 470 g/mol. The van der Waals surface area contributed by atoms with Crippen LogP contribution in [0.1, 0.15) is 17.8 Å². The Bertz CT molecular complexity index is 795. The van der Waals surface area contributed by atoms with Gasteiger partial charge in [-0.25, -0.2) is 0 Å². The fourth-order valence-corrected chi connectivity index (χ4v) is 3.52. The molecule has 2 heterocycles. The van der Waals surface area contributed by atoms with Crippen molar-refractivity contribution in [3.8, 4) is 5.75 Å². The lowest BCUT2D eigenvalue weighted by molar-refractivity contribution is -0.140. The summed E-state index contributed by atoms with van der Waals surface area (Å²) >= 11 is 4.18. The molecule has 1 aliphatic heterocycles. The molecule has 32 heavy (non-hydrogen) atoms. The first-order valence-corrected chi connectivity index (χ1v) is 10.9. The number of fused-ring (bicyclic) bond motifs is 2. The van der Waals surface area contributed by atoms with Crippen molar-refractivity contribution in [3.05, 3.63) is 23.5 Å². The van der Waals surface area contributed by atoms with Crippen LogP contribution in [0.2, 0.25) is 0 Å². The molecule has 0 fully saturated rings. The molecule has 0 aliphatic carbocycles. The maximum absolute atomic E-state index is 11.4. The number of aliphatic carboxylic acids is 3. The molecular formula is C20H30N4O7S. The number of ether oxygens (including phenoxy) is 1. The molecule has 11 nitrogen and oxygen atoms in total. The molecule has 0 unspecified atom stereocenters. The highest BCUT2D eigenvalue weighted by atomic mass is 32.1. The van der Waals surface area contributed by atoms with Crippen molar-refractivity contribution in [3.63, 3.8) is 0 Å². The van der Waals surface area contributed by atoms with Gasteiger partial charge < -0.3 is 20.1 Å². The normalized spacial score (nSPS) is 16.7. The summed E-state index contributed by atoms with van der Waals surface area (Å²) in [6, 6.07) is 3.53. The van der Waals surface area contributed by atoms with Gasteiger partial charge in [-0.3, -0.25) is 34.1 Å². The van der Waals surface area contributed by atoms with Gasteiger partial charge in [-0.15, -0.1) is 0 Å². The molecule has 2 bridgehead atoms. The van der Waals surface area contributed by atoms with Gasteiger partial charge in [0.2, 0.25) is 0 Å². The first-order chi connectivity index (χ1) is 15.3. The van der Waals surface area contributed by atoms with E-state index >= 15 is 0 Å². The van der Waals surface area contributed by atoms with Crippen LogP contribution in [0.4, 0.5) is 0 Å². The zero-order chi connectivity index (χ0) is 23.5. The predicted octanol–water partition coefficient (Wildman–Crippen LogP) is -0.0463. The van der Waals surface area contributed by atoms with Crippen LogP contribution in [0.25, 0.3) is 0 Å². The van der Waals surface area contributed by atoms with E-state index < -0.39 is 17.9 Å². The summed E-state index contributed by atoms with van der Waals surface area (Å²) in [6.45, 7) is 1.53. The van der Waals surface area contributed by atoms with Gasteiger partial charge in [-0.2, -0.15) is 12.6 Å². The van der Waals surface area contributed by atoms with Crippen molar-refractivity contribution < 1.29 is 34.4 Å². The average Bonchev–Trinajstić information content (AvgIpc) is 2.69. The highest BCUT2D eigenvalue weighted by Gasteiger charge is 2.21. The Kier molecular flexibility index (Phi) is 10.7. The number of carboxylic acid groups (broad SMARTS) is 3. The molecule has 178 valence electrons. The topological polar surface area (TPSA) is 144 Å². The number of hydrogen-bond acceptors (Lipinski definition) is 9. The zero-order valence-corrected chi connectivity index (χ0v) is 18.7. The van der Waals surface area contributed by atoms with Gasteiger partial charge in [0.25, 0.3) is 0 Å². The maximum Gasteiger partial charge on any atom is 0.317 e. The van der Waals surface area contributed by atoms with Crippen molar-refractivity contribution in [2.45, 2.75) is 19.5 Å². The number of aromatic nitrogens is 1. The number of carbonyl (C=O) groups is 3. The predicted molar refractivity (Wildman–Crippen MR) is 118 cm³/mol. The van der Waals surface area contributed by atoms with Crippen LogP contribution < -0.4 is 4.74 Å². The van der Waals surface area contributed by atoms with Crippen LogP contribution in [-0.2, 0) is 27.5 Å². The molecule has 1 aliphatic rings. The van der Waals surface area contributed by atoms with Crippen LogP contribution >= 0.6 is 12.6 Å². The number of pyridine rings is 1. The van der Waals surface area contributed by atoms with Crippen LogP contribution in [0.3, 0.4) is 0 Å². The Labute approximate surface area is 192 Å². The van der Waals surface area contributed by atoms with E-state index in [0.29, 0.717) is 55.7 Å². The van der Waals surface area contributed by atoms with E-state index in [1.54, 1.807) is 26.8 Å². The molecule has 0 atom stereocenters. The molecule has 0 saturated carbocycles. The number of rotatable bonds is 10. The number of carboxylic acids is 3. The lowest BCUT2D eigenvalue weighted by Crippen LogP contribution is -2.44. The van der Waals surface area contributed by atoms with Crippen LogP contribution in [0, 0.1) is 0 Å². The van der Waals surface area contributed by atoms with E-state index in [2.05, 4.69) is 17.6 Å². The summed E-state index contributed by atoms with van der Waals surface area (Å²) in [5.74, 6) is -1.78. The van der Waals surface area contributed by atoms with E-state index in [1.165, 1.54) is 0 Å². The van der Waals surface area contributed by atoms with E-state index in [-0.39, 0.29) is 32.7 Å². The van der Waals surface area contributed by atoms with Crippen LogP contribution in [-0.4, -0.2) is 111 Å². The lowest BCUT2D eigenvalue weighted by atomic mass is 10.2. The summed E-state index contributed by atoms with van der Waals surface area (Å²) < 4.78 is 5.82. The van der Waals surface area contributed by atoms with Gasteiger partial charge >= 0.3 is 17.9 Å². The van der Waals surface area contributed by atoms with E-state index in [9.17, 15) is 29.7 Å². The third kappa shape index (κ3) is 9.39. The second-order valence-corrected chi connectivity index (χ2v) is 8.00. The SMILES string of the molecule is O=C(O)CN1CCN(CC(=O)O)Cc2ccc(OCCCS)c(n2)CN(CC(=O)O)CC1. The number of thiol groups is 1. The lowest BCUT2D eigenvalue weighted by Gasteiger charge is -2.29. The first kappa shape index (κ1) is 25.8. The summed E-state index contributed by atoms with van der Waals surface area (Å²) in [5.41, 5.74) is 1.19. The second kappa shape index (κ2) is 13.2. The van der Waals surface area contributed by atoms with E-state index in [0.717, 1.165) is 6.42 Å². The number of hydrogen-bond donors (Lipinski definition) is 4. The minimum absolute atomic E-state index is 0.205. The van der Waals surface area contributed by atoms with Crippen LogP contribution in [0.15, 0.2) is 12.1 Å². The molecule has 3 N–H and O–H groups in total. The second-order valence-electron chi connectivity index (χ2n) is 7.55. The fourth-order valence-electron chi connectivity index (χ4n) is 3.39. The molecular weight excluding hydrogens is 440 g/mol. The quantitative estimate of drug-likeness (QED) is 0.270. The van der Waals surface area contributed by atoms with Crippen LogP contribution in [0.5, 0.6) is 5.75 Å². The van der Waals surface area contributed by atoms with Gasteiger partial charge in [0.05, 0.1) is 37.6 Å².